The Bertz CT molecular complexity index is 643. The van der Waals surface area contributed by atoms with Gasteiger partial charge in [-0.25, -0.2) is 9.18 Å². The van der Waals surface area contributed by atoms with Crippen molar-refractivity contribution in [1.82, 2.24) is 0 Å². The fourth-order valence-electron chi connectivity index (χ4n) is 1.64. The molecule has 0 saturated carbocycles. The number of benzene rings is 2. The van der Waals surface area contributed by atoms with Crippen molar-refractivity contribution in [3.63, 3.8) is 0 Å². The summed E-state index contributed by atoms with van der Waals surface area (Å²) in [5.74, 6) is -1.63. The van der Waals surface area contributed by atoms with Crippen LogP contribution in [0.25, 0.3) is 0 Å². The molecule has 0 heterocycles. The number of anilines is 2. The highest BCUT2D eigenvalue weighted by atomic mass is 35.5. The third-order valence-corrected chi connectivity index (χ3v) is 3.16. The summed E-state index contributed by atoms with van der Waals surface area (Å²) in [4.78, 5) is 10.9. The lowest BCUT2D eigenvalue weighted by Gasteiger charge is -2.12. The van der Waals surface area contributed by atoms with E-state index in [1.54, 1.807) is 25.1 Å². The minimum absolute atomic E-state index is 0.0172. The molecule has 5 heteroatoms. The van der Waals surface area contributed by atoms with Gasteiger partial charge in [-0.3, -0.25) is 0 Å². The van der Waals surface area contributed by atoms with E-state index >= 15 is 0 Å². The maximum atomic E-state index is 13.7. The number of carboxylic acid groups (broad SMARTS) is 1. The lowest BCUT2D eigenvalue weighted by molar-refractivity contribution is 0.0697. The van der Waals surface area contributed by atoms with Crippen LogP contribution >= 0.6 is 11.6 Å². The van der Waals surface area contributed by atoms with Crippen LogP contribution < -0.4 is 5.32 Å². The lowest BCUT2D eigenvalue weighted by Crippen LogP contribution is -2.01. The molecular formula is C14H11ClFNO2. The summed E-state index contributed by atoms with van der Waals surface area (Å²) >= 11 is 5.97. The van der Waals surface area contributed by atoms with Crippen molar-refractivity contribution in [2.45, 2.75) is 6.92 Å². The van der Waals surface area contributed by atoms with Gasteiger partial charge in [-0.05, 0) is 42.8 Å². The Kier molecular flexibility index (Phi) is 3.71. The molecule has 2 N–H and O–H groups in total. The maximum absolute atomic E-state index is 13.7. The van der Waals surface area contributed by atoms with Crippen molar-refractivity contribution in [1.29, 1.82) is 0 Å². The molecule has 0 amide bonds. The minimum atomic E-state index is -1.11. The normalized spacial score (nSPS) is 10.3. The van der Waals surface area contributed by atoms with Crippen molar-refractivity contribution in [2.24, 2.45) is 0 Å². The number of carboxylic acids is 1. The van der Waals surface area contributed by atoms with E-state index in [1.807, 2.05) is 0 Å². The molecule has 0 aliphatic rings. The van der Waals surface area contributed by atoms with E-state index in [1.165, 1.54) is 12.1 Å². The highest BCUT2D eigenvalue weighted by molar-refractivity contribution is 6.31. The summed E-state index contributed by atoms with van der Waals surface area (Å²) < 4.78 is 13.7. The van der Waals surface area contributed by atoms with Gasteiger partial charge >= 0.3 is 5.97 Å². The molecule has 0 fully saturated rings. The molecule has 0 aliphatic heterocycles. The minimum Gasteiger partial charge on any atom is -0.478 e. The largest absolute Gasteiger partial charge is 0.478 e. The second-order valence-electron chi connectivity index (χ2n) is 4.04. The monoisotopic (exact) mass is 279 g/mol. The van der Waals surface area contributed by atoms with Gasteiger partial charge in [0.15, 0.2) is 0 Å². The molecule has 19 heavy (non-hydrogen) atoms. The molecule has 0 saturated heterocycles. The number of nitrogens with one attached hydrogen (secondary N) is 1. The predicted octanol–water partition coefficient (Wildman–Crippen LogP) is 4.23. The maximum Gasteiger partial charge on any atom is 0.335 e. The van der Waals surface area contributed by atoms with Gasteiger partial charge in [0, 0.05) is 10.7 Å². The molecule has 0 aromatic heterocycles. The third kappa shape index (κ3) is 2.85. The fourth-order valence-corrected chi connectivity index (χ4v) is 1.82. The first-order valence-electron chi connectivity index (χ1n) is 5.54. The van der Waals surface area contributed by atoms with Crippen LogP contribution in [-0.4, -0.2) is 11.1 Å². The van der Waals surface area contributed by atoms with Crippen molar-refractivity contribution in [3.8, 4) is 0 Å². The van der Waals surface area contributed by atoms with Crippen molar-refractivity contribution in [3.05, 3.63) is 58.4 Å². The zero-order valence-corrected chi connectivity index (χ0v) is 10.8. The van der Waals surface area contributed by atoms with Gasteiger partial charge in [-0.15, -0.1) is 0 Å². The van der Waals surface area contributed by atoms with E-state index in [0.717, 1.165) is 11.6 Å². The van der Waals surface area contributed by atoms with Crippen LogP contribution in [0.2, 0.25) is 5.02 Å². The Hall–Kier alpha value is -2.07. The number of aromatic carboxylic acids is 1. The van der Waals surface area contributed by atoms with Gasteiger partial charge in [-0.2, -0.15) is 0 Å². The molecule has 0 unspecified atom stereocenters. The Morgan fingerprint density at radius 3 is 2.68 bits per heavy atom. The van der Waals surface area contributed by atoms with E-state index in [2.05, 4.69) is 5.32 Å². The van der Waals surface area contributed by atoms with Crippen LogP contribution in [-0.2, 0) is 0 Å². The highest BCUT2D eigenvalue weighted by Crippen LogP contribution is 2.27. The standard InChI is InChI=1S/C14H11ClFNO2/c1-8-10(15)3-2-4-12(8)17-13-7-9(14(18)19)5-6-11(13)16/h2-7,17H,1H3,(H,18,19). The number of rotatable bonds is 3. The van der Waals surface area contributed by atoms with Crippen LogP contribution in [0.15, 0.2) is 36.4 Å². The first-order chi connectivity index (χ1) is 8.99. The molecule has 0 radical (unpaired) electrons. The molecule has 2 aromatic carbocycles. The van der Waals surface area contributed by atoms with Crippen molar-refractivity contribution in [2.75, 3.05) is 5.32 Å². The first-order valence-corrected chi connectivity index (χ1v) is 5.92. The Morgan fingerprint density at radius 2 is 2.00 bits per heavy atom. The van der Waals surface area contributed by atoms with E-state index in [-0.39, 0.29) is 11.3 Å². The first kappa shape index (κ1) is 13.4. The van der Waals surface area contributed by atoms with Gasteiger partial charge in [0.05, 0.1) is 11.3 Å². The summed E-state index contributed by atoms with van der Waals surface area (Å²) in [5, 5.41) is 12.3. The van der Waals surface area contributed by atoms with E-state index in [0.29, 0.717) is 10.7 Å². The number of hydrogen-bond donors (Lipinski definition) is 2. The molecule has 3 nitrogen and oxygen atoms in total. The van der Waals surface area contributed by atoms with Gasteiger partial charge < -0.3 is 10.4 Å². The van der Waals surface area contributed by atoms with Crippen LogP contribution in [0.1, 0.15) is 15.9 Å². The summed E-state index contributed by atoms with van der Waals surface area (Å²) in [6.45, 7) is 1.80. The highest BCUT2D eigenvalue weighted by Gasteiger charge is 2.10. The average Bonchev–Trinajstić information content (AvgIpc) is 2.37. The quantitative estimate of drug-likeness (QED) is 0.884. The topological polar surface area (TPSA) is 49.3 Å². The van der Waals surface area contributed by atoms with Crippen LogP contribution in [0.4, 0.5) is 15.8 Å². The van der Waals surface area contributed by atoms with Crippen LogP contribution in [0.3, 0.4) is 0 Å². The van der Waals surface area contributed by atoms with Gasteiger partial charge in [-0.1, -0.05) is 17.7 Å². The molecule has 2 aromatic rings. The molecule has 0 bridgehead atoms. The van der Waals surface area contributed by atoms with Gasteiger partial charge in [0.2, 0.25) is 0 Å². The molecular weight excluding hydrogens is 269 g/mol. The van der Waals surface area contributed by atoms with Crippen LogP contribution in [0, 0.1) is 12.7 Å². The second-order valence-corrected chi connectivity index (χ2v) is 4.44. The molecule has 0 spiro atoms. The second kappa shape index (κ2) is 5.28. The van der Waals surface area contributed by atoms with Crippen molar-refractivity contribution < 1.29 is 14.3 Å². The van der Waals surface area contributed by atoms with E-state index in [4.69, 9.17) is 16.7 Å². The molecule has 0 atom stereocenters. The van der Waals surface area contributed by atoms with Crippen LogP contribution in [0.5, 0.6) is 0 Å². The van der Waals surface area contributed by atoms with Crippen molar-refractivity contribution >= 4 is 28.9 Å². The van der Waals surface area contributed by atoms with E-state index in [9.17, 15) is 9.18 Å². The Balaban J connectivity index is 2.40. The lowest BCUT2D eigenvalue weighted by atomic mass is 10.1. The predicted molar refractivity (Wildman–Crippen MR) is 72.8 cm³/mol. The molecule has 98 valence electrons. The van der Waals surface area contributed by atoms with Gasteiger partial charge in [0.1, 0.15) is 5.82 Å². The summed E-state index contributed by atoms with van der Waals surface area (Å²) in [6.07, 6.45) is 0. The average molecular weight is 280 g/mol. The summed E-state index contributed by atoms with van der Waals surface area (Å²) in [6, 6.07) is 8.79. The fraction of sp³-hybridized carbons (Fsp3) is 0.0714. The summed E-state index contributed by atoms with van der Waals surface area (Å²) in [7, 11) is 0. The number of carbonyl (C=O) groups is 1. The Morgan fingerprint density at radius 1 is 1.26 bits per heavy atom. The third-order valence-electron chi connectivity index (χ3n) is 2.75. The van der Waals surface area contributed by atoms with Gasteiger partial charge in [0.25, 0.3) is 0 Å². The zero-order chi connectivity index (χ0) is 14.0. The smallest absolute Gasteiger partial charge is 0.335 e. The SMILES string of the molecule is Cc1c(Cl)cccc1Nc1cc(C(=O)O)ccc1F. The van der Waals surface area contributed by atoms with E-state index < -0.39 is 11.8 Å². The molecule has 2 rings (SSSR count). The summed E-state index contributed by atoms with van der Waals surface area (Å²) in [5.41, 5.74) is 1.52. The zero-order valence-electron chi connectivity index (χ0n) is 10.1. The Labute approximate surface area is 114 Å². The number of halogens is 2. The molecule has 0 aliphatic carbocycles. The number of hydrogen-bond acceptors (Lipinski definition) is 2.